The monoisotopic (exact) mass is 596 g/mol. The van der Waals surface area contributed by atoms with E-state index in [0.29, 0.717) is 16.4 Å². The molecule has 0 spiro atoms. The maximum absolute atomic E-state index is 13.7. The number of hydrogen-bond acceptors (Lipinski definition) is 6. The Hall–Kier alpha value is -3.17. The van der Waals surface area contributed by atoms with E-state index in [1.165, 1.54) is 16.7 Å². The van der Waals surface area contributed by atoms with Gasteiger partial charge in [0.25, 0.3) is 11.1 Å². The number of nitrogens with one attached hydrogen (secondary N) is 1. The molecule has 10 heteroatoms. The summed E-state index contributed by atoms with van der Waals surface area (Å²) < 4.78 is 5.98. The first-order chi connectivity index (χ1) is 18.8. The number of carbonyl (C=O) groups excluding carboxylic acids is 3. The van der Waals surface area contributed by atoms with Gasteiger partial charge < -0.3 is 10.1 Å². The summed E-state index contributed by atoms with van der Waals surface area (Å²) in [6.45, 7) is 0. The smallest absolute Gasteiger partial charge is 0.356 e. The Bertz CT molecular complexity index is 1410. The zero-order valence-corrected chi connectivity index (χ0v) is 23.5. The molecule has 0 bridgehead atoms. The highest BCUT2D eigenvalue weighted by molar-refractivity contribution is 8.00. The molecule has 39 heavy (non-hydrogen) atoms. The Labute approximate surface area is 245 Å². The van der Waals surface area contributed by atoms with Crippen molar-refractivity contribution in [1.29, 1.82) is 0 Å². The van der Waals surface area contributed by atoms with Crippen LogP contribution in [-0.2, 0) is 25.5 Å². The summed E-state index contributed by atoms with van der Waals surface area (Å²) in [6, 6.07) is 25.2. The molecule has 1 saturated heterocycles. The van der Waals surface area contributed by atoms with Gasteiger partial charge in [0.1, 0.15) is 17.1 Å². The van der Waals surface area contributed by atoms with Gasteiger partial charge in [0, 0.05) is 17.2 Å². The van der Waals surface area contributed by atoms with E-state index in [2.05, 4.69) is 5.32 Å². The number of carbonyl (C=O) groups is 3. The van der Waals surface area contributed by atoms with E-state index in [-0.39, 0.29) is 22.9 Å². The number of nitrogens with zero attached hydrogens (tertiary/aromatic N) is 1. The second-order valence-electron chi connectivity index (χ2n) is 8.97. The zero-order chi connectivity index (χ0) is 27.5. The van der Waals surface area contributed by atoms with Crippen molar-refractivity contribution in [2.75, 3.05) is 5.75 Å². The highest BCUT2D eigenvalue weighted by atomic mass is 35.5. The minimum Gasteiger partial charge on any atom is -0.448 e. The Balaban J connectivity index is 1.37. The lowest BCUT2D eigenvalue weighted by Gasteiger charge is -2.49. The van der Waals surface area contributed by atoms with Gasteiger partial charge in [-0.3, -0.25) is 14.5 Å². The molecule has 1 N–H and O–H groups in total. The number of thioether (sulfide) groups is 1. The summed E-state index contributed by atoms with van der Waals surface area (Å²) >= 11 is 18.7. The number of fused-ring (bicyclic) bond motifs is 1. The van der Waals surface area contributed by atoms with Crippen LogP contribution in [0.4, 0.5) is 0 Å². The molecule has 0 aliphatic carbocycles. The molecular formula is C29H22Cl2N2O4S2. The van der Waals surface area contributed by atoms with Crippen LogP contribution in [0.5, 0.6) is 0 Å². The van der Waals surface area contributed by atoms with Crippen molar-refractivity contribution in [2.24, 2.45) is 0 Å². The molecule has 0 radical (unpaired) electrons. The Kier molecular flexibility index (Phi) is 8.37. The second kappa shape index (κ2) is 11.9. The molecule has 2 aliphatic heterocycles. The van der Waals surface area contributed by atoms with Gasteiger partial charge in [-0.1, -0.05) is 96.6 Å². The van der Waals surface area contributed by atoms with Gasteiger partial charge in [-0.25, -0.2) is 4.79 Å². The van der Waals surface area contributed by atoms with Crippen LogP contribution in [0.3, 0.4) is 0 Å². The molecule has 3 aromatic carbocycles. The molecule has 1 fully saturated rings. The van der Waals surface area contributed by atoms with Crippen LogP contribution in [0.25, 0.3) is 0 Å². The van der Waals surface area contributed by atoms with Crippen LogP contribution in [0, 0.1) is 0 Å². The van der Waals surface area contributed by atoms with Crippen LogP contribution in [0.2, 0.25) is 5.02 Å². The van der Waals surface area contributed by atoms with Crippen molar-refractivity contribution in [3.8, 4) is 0 Å². The lowest BCUT2D eigenvalue weighted by Crippen LogP contribution is -2.70. The summed E-state index contributed by atoms with van der Waals surface area (Å²) in [6.07, 6.45) is -0.316. The van der Waals surface area contributed by atoms with Gasteiger partial charge >= 0.3 is 5.97 Å². The van der Waals surface area contributed by atoms with Gasteiger partial charge in [0.2, 0.25) is 0 Å². The fourth-order valence-electron chi connectivity index (χ4n) is 4.52. The summed E-state index contributed by atoms with van der Waals surface area (Å²) in [7, 11) is 0. The fraction of sp³-hybridized carbons (Fsp3) is 0.172. The molecular weight excluding hydrogens is 575 g/mol. The van der Waals surface area contributed by atoms with Crippen molar-refractivity contribution in [3.05, 3.63) is 118 Å². The molecule has 5 rings (SSSR count). The van der Waals surface area contributed by atoms with Crippen LogP contribution in [-0.4, -0.2) is 44.2 Å². The second-order valence-corrected chi connectivity index (χ2v) is 11.3. The molecule has 0 aromatic heterocycles. The van der Waals surface area contributed by atoms with Gasteiger partial charge in [-0.2, -0.15) is 0 Å². The standard InChI is InChI=1S/C29H22Cl2N2O4S2/c30-20-13-11-17(12-14-20)15-22(38)32-23-27(35)33-24(21(26(31)34)16-39-28(23)33)29(36)37-25(18-7-3-1-4-8-18)19-9-5-2-6-10-19/h1-14,23,25,28H,15-16H2,(H,32,38)/t23?,28-/m0/s1. The average Bonchev–Trinajstić information content (AvgIpc) is 2.95. The SMILES string of the molecule is O=C(Cl)C1=C(C(=O)OC(c2ccccc2)c2ccccc2)N2C(=O)C(NC(=S)Cc3ccc(Cl)cc3)[C@@H]2SC1. The van der Waals surface area contributed by atoms with Crippen LogP contribution >= 0.6 is 47.2 Å². The molecule has 198 valence electrons. The number of benzene rings is 3. The first-order valence-electron chi connectivity index (χ1n) is 12.1. The van der Waals surface area contributed by atoms with E-state index in [9.17, 15) is 14.4 Å². The highest BCUT2D eigenvalue weighted by Crippen LogP contribution is 2.42. The van der Waals surface area contributed by atoms with Crippen molar-refractivity contribution in [2.45, 2.75) is 23.9 Å². The average molecular weight is 598 g/mol. The number of thiocarbonyl (C=S) groups is 1. The molecule has 2 heterocycles. The van der Waals surface area contributed by atoms with Crippen LogP contribution < -0.4 is 5.32 Å². The Morgan fingerprint density at radius 3 is 2.15 bits per heavy atom. The first kappa shape index (κ1) is 27.4. The number of β-lactam (4-membered cyclic amide) rings is 1. The third kappa shape index (κ3) is 5.89. The molecule has 0 saturated carbocycles. The quantitative estimate of drug-likeness (QED) is 0.161. The van der Waals surface area contributed by atoms with E-state index >= 15 is 0 Å². The van der Waals surface area contributed by atoms with Crippen LogP contribution in [0.15, 0.2) is 96.2 Å². The van der Waals surface area contributed by atoms with Crippen molar-refractivity contribution in [3.63, 3.8) is 0 Å². The topological polar surface area (TPSA) is 75.7 Å². The largest absolute Gasteiger partial charge is 0.448 e. The van der Waals surface area contributed by atoms with Gasteiger partial charge in [0.05, 0.1) is 10.6 Å². The number of esters is 1. The molecule has 2 atom stereocenters. The van der Waals surface area contributed by atoms with Gasteiger partial charge in [-0.05, 0) is 40.4 Å². The number of ether oxygens (including phenoxy) is 1. The highest BCUT2D eigenvalue weighted by Gasteiger charge is 2.55. The third-order valence-electron chi connectivity index (χ3n) is 6.42. The van der Waals surface area contributed by atoms with Crippen molar-refractivity contribution < 1.29 is 19.1 Å². The summed E-state index contributed by atoms with van der Waals surface area (Å²) in [4.78, 5) is 41.1. The maximum Gasteiger partial charge on any atom is 0.356 e. The predicted molar refractivity (Wildman–Crippen MR) is 156 cm³/mol. The summed E-state index contributed by atoms with van der Waals surface area (Å²) in [5.74, 6) is -1.02. The van der Waals surface area contributed by atoms with Crippen molar-refractivity contribution >= 4 is 69.3 Å². The zero-order valence-electron chi connectivity index (χ0n) is 20.4. The van der Waals surface area contributed by atoms with E-state index in [0.717, 1.165) is 16.7 Å². The lowest BCUT2D eigenvalue weighted by molar-refractivity contribution is -0.153. The maximum atomic E-state index is 13.7. The van der Waals surface area contributed by atoms with E-state index in [1.807, 2.05) is 72.8 Å². The number of halogens is 2. The van der Waals surface area contributed by atoms with Crippen molar-refractivity contribution in [1.82, 2.24) is 10.2 Å². The van der Waals surface area contributed by atoms with Crippen LogP contribution in [0.1, 0.15) is 22.8 Å². The summed E-state index contributed by atoms with van der Waals surface area (Å²) in [5, 5.41) is 2.49. The molecule has 6 nitrogen and oxygen atoms in total. The molecule has 2 aliphatic rings. The lowest BCUT2D eigenvalue weighted by atomic mass is 10.0. The Morgan fingerprint density at radius 2 is 1.59 bits per heavy atom. The van der Waals surface area contributed by atoms with Gasteiger partial charge in [0.15, 0.2) is 6.10 Å². The number of hydrogen-bond donors (Lipinski definition) is 1. The molecule has 1 amide bonds. The van der Waals surface area contributed by atoms with Gasteiger partial charge in [-0.15, -0.1) is 11.8 Å². The normalized spacial score (nSPS) is 18.3. The number of rotatable bonds is 8. The summed E-state index contributed by atoms with van der Waals surface area (Å²) in [5.41, 5.74) is 2.37. The molecule has 3 aromatic rings. The third-order valence-corrected chi connectivity index (χ3v) is 8.45. The van der Waals surface area contributed by atoms with E-state index in [4.69, 9.17) is 40.2 Å². The minimum atomic E-state index is -0.800. The number of amides is 1. The predicted octanol–water partition coefficient (Wildman–Crippen LogP) is 5.44. The first-order valence-corrected chi connectivity index (χ1v) is 14.3. The fourth-order valence-corrected chi connectivity index (χ4v) is 6.51. The Morgan fingerprint density at radius 1 is 1.00 bits per heavy atom. The van der Waals surface area contributed by atoms with E-state index in [1.54, 1.807) is 12.1 Å². The van der Waals surface area contributed by atoms with E-state index < -0.39 is 28.7 Å². The molecule has 1 unspecified atom stereocenters. The minimum absolute atomic E-state index is 0.0401.